The number of para-hydroxylation sites is 1. The first-order chi connectivity index (χ1) is 9.74. The largest absolute Gasteiger partial charge is 0.493 e. The van der Waals surface area contributed by atoms with Gasteiger partial charge in [-0.2, -0.15) is 0 Å². The van der Waals surface area contributed by atoms with Gasteiger partial charge in [-0.15, -0.1) is 10.2 Å². The van der Waals surface area contributed by atoms with Crippen LogP contribution in [0.15, 0.2) is 34.7 Å². The van der Waals surface area contributed by atoms with Crippen LogP contribution in [0.3, 0.4) is 0 Å². The fourth-order valence-electron chi connectivity index (χ4n) is 1.61. The van der Waals surface area contributed by atoms with Crippen molar-refractivity contribution in [3.05, 3.63) is 42.1 Å². The molecular weight excluding hydrogens is 258 g/mol. The zero-order chi connectivity index (χ0) is 14.2. The molecule has 2 aromatic rings. The van der Waals surface area contributed by atoms with Crippen LogP contribution in [0.5, 0.6) is 5.75 Å². The molecule has 0 fully saturated rings. The summed E-state index contributed by atoms with van der Waals surface area (Å²) in [4.78, 5) is 11.6. The number of benzene rings is 1. The van der Waals surface area contributed by atoms with Gasteiger partial charge in [0.15, 0.2) is 0 Å². The summed E-state index contributed by atoms with van der Waals surface area (Å²) >= 11 is 0. The van der Waals surface area contributed by atoms with Crippen molar-refractivity contribution in [3.63, 3.8) is 0 Å². The summed E-state index contributed by atoms with van der Waals surface area (Å²) in [6.07, 6.45) is 0.851. The number of aromatic nitrogens is 2. The minimum absolute atomic E-state index is 0.0582. The Kier molecular flexibility index (Phi) is 5.11. The molecule has 0 saturated heterocycles. The standard InChI is InChI=1S/C14H17N3O3/c1-11-16-17-14(20-11)7-9-15-13(18)8-10-19-12-5-3-2-4-6-12/h2-6H,7-10H2,1H3,(H,15,18). The second kappa shape index (κ2) is 7.28. The van der Waals surface area contributed by atoms with Gasteiger partial charge in [0, 0.05) is 19.9 Å². The summed E-state index contributed by atoms with van der Waals surface area (Å²) in [7, 11) is 0. The number of hydrogen-bond donors (Lipinski definition) is 1. The van der Waals surface area contributed by atoms with E-state index in [1.807, 2.05) is 30.3 Å². The summed E-state index contributed by atoms with van der Waals surface area (Å²) in [6, 6.07) is 9.41. The molecule has 2 rings (SSSR count). The van der Waals surface area contributed by atoms with E-state index in [2.05, 4.69) is 15.5 Å². The molecule has 0 aliphatic heterocycles. The second-order valence-electron chi connectivity index (χ2n) is 4.23. The Hall–Kier alpha value is -2.37. The van der Waals surface area contributed by atoms with Crippen molar-refractivity contribution >= 4 is 5.91 Å². The minimum atomic E-state index is -0.0582. The van der Waals surface area contributed by atoms with Gasteiger partial charge in [0.05, 0.1) is 13.0 Å². The molecule has 1 aromatic heterocycles. The molecule has 0 atom stereocenters. The Morgan fingerprint density at radius 3 is 2.80 bits per heavy atom. The SMILES string of the molecule is Cc1nnc(CCNC(=O)CCOc2ccccc2)o1. The van der Waals surface area contributed by atoms with Crippen LogP contribution in [0.2, 0.25) is 0 Å². The summed E-state index contributed by atoms with van der Waals surface area (Å²) in [6.45, 7) is 2.57. The van der Waals surface area contributed by atoms with E-state index in [4.69, 9.17) is 9.15 Å². The van der Waals surface area contributed by atoms with Crippen LogP contribution < -0.4 is 10.1 Å². The lowest BCUT2D eigenvalue weighted by Crippen LogP contribution is -2.27. The Balaban J connectivity index is 1.59. The van der Waals surface area contributed by atoms with Crippen molar-refractivity contribution in [2.75, 3.05) is 13.2 Å². The molecule has 0 aliphatic carbocycles. The maximum atomic E-state index is 11.6. The van der Waals surface area contributed by atoms with Gasteiger partial charge in [0.2, 0.25) is 17.7 Å². The smallest absolute Gasteiger partial charge is 0.223 e. The molecule has 0 aliphatic rings. The first kappa shape index (κ1) is 14.0. The van der Waals surface area contributed by atoms with Gasteiger partial charge in [-0.25, -0.2) is 0 Å². The summed E-state index contributed by atoms with van der Waals surface area (Å²) in [5, 5.41) is 10.3. The highest BCUT2D eigenvalue weighted by molar-refractivity contribution is 5.75. The van der Waals surface area contributed by atoms with E-state index in [9.17, 15) is 4.79 Å². The molecule has 20 heavy (non-hydrogen) atoms. The molecule has 106 valence electrons. The van der Waals surface area contributed by atoms with Gasteiger partial charge >= 0.3 is 0 Å². The van der Waals surface area contributed by atoms with Crippen molar-refractivity contribution in [1.29, 1.82) is 0 Å². The van der Waals surface area contributed by atoms with Crippen molar-refractivity contribution in [1.82, 2.24) is 15.5 Å². The van der Waals surface area contributed by atoms with Gasteiger partial charge in [-0.3, -0.25) is 4.79 Å². The van der Waals surface area contributed by atoms with Crippen LogP contribution >= 0.6 is 0 Å². The minimum Gasteiger partial charge on any atom is -0.493 e. The zero-order valence-corrected chi connectivity index (χ0v) is 11.3. The molecule has 1 aromatic carbocycles. The van der Waals surface area contributed by atoms with Crippen LogP contribution in [0, 0.1) is 6.92 Å². The van der Waals surface area contributed by atoms with Crippen LogP contribution in [0.25, 0.3) is 0 Å². The first-order valence-corrected chi connectivity index (χ1v) is 6.47. The van der Waals surface area contributed by atoms with Gasteiger partial charge in [-0.05, 0) is 12.1 Å². The monoisotopic (exact) mass is 275 g/mol. The lowest BCUT2D eigenvalue weighted by Gasteiger charge is -2.06. The predicted molar refractivity (Wildman–Crippen MR) is 72.3 cm³/mol. The van der Waals surface area contributed by atoms with Gasteiger partial charge in [-0.1, -0.05) is 18.2 Å². The van der Waals surface area contributed by atoms with E-state index in [0.717, 1.165) is 5.75 Å². The highest BCUT2D eigenvalue weighted by Crippen LogP contribution is 2.08. The quantitative estimate of drug-likeness (QED) is 0.828. The van der Waals surface area contributed by atoms with Crippen LogP contribution in [-0.2, 0) is 11.2 Å². The van der Waals surface area contributed by atoms with E-state index in [-0.39, 0.29) is 5.91 Å². The third-order valence-corrected chi connectivity index (χ3v) is 2.57. The maximum Gasteiger partial charge on any atom is 0.223 e. The molecule has 6 nitrogen and oxygen atoms in total. The molecule has 6 heteroatoms. The van der Waals surface area contributed by atoms with Crippen molar-refractivity contribution < 1.29 is 13.9 Å². The Labute approximate surface area is 117 Å². The third kappa shape index (κ3) is 4.72. The number of carbonyl (C=O) groups excluding carboxylic acids is 1. The molecule has 0 radical (unpaired) electrons. The predicted octanol–water partition coefficient (Wildman–Crippen LogP) is 1.51. The van der Waals surface area contributed by atoms with E-state index in [1.54, 1.807) is 6.92 Å². The lowest BCUT2D eigenvalue weighted by atomic mass is 10.3. The zero-order valence-electron chi connectivity index (χ0n) is 11.3. The number of carbonyl (C=O) groups is 1. The highest BCUT2D eigenvalue weighted by Gasteiger charge is 2.04. The molecule has 1 heterocycles. The average molecular weight is 275 g/mol. The number of nitrogens with one attached hydrogen (secondary N) is 1. The first-order valence-electron chi connectivity index (χ1n) is 6.47. The fourth-order valence-corrected chi connectivity index (χ4v) is 1.61. The molecule has 1 amide bonds. The van der Waals surface area contributed by atoms with Crippen LogP contribution in [0.4, 0.5) is 0 Å². The van der Waals surface area contributed by atoms with E-state index in [0.29, 0.717) is 37.8 Å². The van der Waals surface area contributed by atoms with Gasteiger partial charge in [0.25, 0.3) is 0 Å². The van der Waals surface area contributed by atoms with Gasteiger partial charge < -0.3 is 14.5 Å². The van der Waals surface area contributed by atoms with E-state index >= 15 is 0 Å². The topological polar surface area (TPSA) is 77.2 Å². The number of nitrogens with zero attached hydrogens (tertiary/aromatic N) is 2. The van der Waals surface area contributed by atoms with Crippen molar-refractivity contribution in [2.45, 2.75) is 19.8 Å². The number of ether oxygens (including phenoxy) is 1. The summed E-state index contributed by atoms with van der Waals surface area (Å²) in [5.74, 6) is 1.77. The molecule has 0 saturated carbocycles. The summed E-state index contributed by atoms with van der Waals surface area (Å²) < 4.78 is 10.6. The third-order valence-electron chi connectivity index (χ3n) is 2.57. The van der Waals surface area contributed by atoms with E-state index in [1.165, 1.54) is 0 Å². The lowest BCUT2D eigenvalue weighted by molar-refractivity contribution is -0.121. The molecular formula is C14H17N3O3. The number of amides is 1. The molecule has 0 bridgehead atoms. The number of aryl methyl sites for hydroxylation is 1. The summed E-state index contributed by atoms with van der Waals surface area (Å²) in [5.41, 5.74) is 0. The Morgan fingerprint density at radius 2 is 2.10 bits per heavy atom. The van der Waals surface area contributed by atoms with Crippen molar-refractivity contribution in [3.8, 4) is 5.75 Å². The molecule has 0 spiro atoms. The second-order valence-corrected chi connectivity index (χ2v) is 4.23. The number of rotatable bonds is 7. The van der Waals surface area contributed by atoms with Crippen LogP contribution in [0.1, 0.15) is 18.2 Å². The van der Waals surface area contributed by atoms with E-state index < -0.39 is 0 Å². The Bertz CT molecular complexity index is 540. The average Bonchev–Trinajstić information content (AvgIpc) is 2.86. The molecule has 0 unspecified atom stereocenters. The highest BCUT2D eigenvalue weighted by atomic mass is 16.5. The van der Waals surface area contributed by atoms with Crippen molar-refractivity contribution in [2.24, 2.45) is 0 Å². The molecule has 1 N–H and O–H groups in total. The Morgan fingerprint density at radius 1 is 1.30 bits per heavy atom. The van der Waals surface area contributed by atoms with Crippen LogP contribution in [-0.4, -0.2) is 29.3 Å². The maximum absolute atomic E-state index is 11.6. The van der Waals surface area contributed by atoms with Gasteiger partial charge in [0.1, 0.15) is 5.75 Å². The fraction of sp³-hybridized carbons (Fsp3) is 0.357. The normalized spacial score (nSPS) is 10.2. The number of hydrogen-bond acceptors (Lipinski definition) is 5.